The van der Waals surface area contributed by atoms with Crippen LogP contribution >= 0.6 is 11.8 Å². The molecule has 0 aromatic heterocycles. The zero-order valence-electron chi connectivity index (χ0n) is 12.6. The van der Waals surface area contributed by atoms with E-state index in [1.54, 1.807) is 0 Å². The SMILES string of the molecule is Cc1cc(SCC(C)C)ccc1CNC(C)(C)C. The zero-order chi connectivity index (χ0) is 13.8. The molecule has 0 atom stereocenters. The van der Waals surface area contributed by atoms with E-state index in [0.717, 1.165) is 12.5 Å². The maximum Gasteiger partial charge on any atom is 0.0212 e. The Kier molecular flexibility index (Phi) is 5.74. The van der Waals surface area contributed by atoms with Crippen molar-refractivity contribution in [2.45, 2.75) is 58.5 Å². The molecule has 0 saturated carbocycles. The van der Waals surface area contributed by atoms with Gasteiger partial charge >= 0.3 is 0 Å². The Bertz CT molecular complexity index is 377. The highest BCUT2D eigenvalue weighted by atomic mass is 32.2. The third kappa shape index (κ3) is 5.92. The molecule has 0 unspecified atom stereocenters. The van der Waals surface area contributed by atoms with Crippen molar-refractivity contribution in [1.29, 1.82) is 0 Å². The van der Waals surface area contributed by atoms with Crippen LogP contribution in [-0.2, 0) is 6.54 Å². The molecule has 1 nitrogen and oxygen atoms in total. The molecular formula is C16H27NS. The first-order valence-electron chi connectivity index (χ1n) is 6.75. The number of benzene rings is 1. The smallest absolute Gasteiger partial charge is 0.0212 e. The van der Waals surface area contributed by atoms with Crippen molar-refractivity contribution >= 4 is 11.8 Å². The van der Waals surface area contributed by atoms with Gasteiger partial charge in [-0.3, -0.25) is 0 Å². The second kappa shape index (κ2) is 6.63. The first kappa shape index (κ1) is 15.6. The topological polar surface area (TPSA) is 12.0 Å². The van der Waals surface area contributed by atoms with E-state index in [1.165, 1.54) is 21.8 Å². The van der Waals surface area contributed by atoms with Crippen LogP contribution in [0.2, 0.25) is 0 Å². The van der Waals surface area contributed by atoms with E-state index >= 15 is 0 Å². The number of thioether (sulfide) groups is 1. The Balaban J connectivity index is 2.62. The summed E-state index contributed by atoms with van der Waals surface area (Å²) in [4.78, 5) is 1.39. The lowest BCUT2D eigenvalue weighted by Gasteiger charge is -2.21. The summed E-state index contributed by atoms with van der Waals surface area (Å²) >= 11 is 1.95. The molecule has 2 heteroatoms. The summed E-state index contributed by atoms with van der Waals surface area (Å²) in [6, 6.07) is 6.82. The molecule has 0 aliphatic heterocycles. The Hall–Kier alpha value is -0.470. The van der Waals surface area contributed by atoms with Gasteiger partial charge in [-0.25, -0.2) is 0 Å². The lowest BCUT2D eigenvalue weighted by atomic mass is 10.1. The van der Waals surface area contributed by atoms with Crippen molar-refractivity contribution < 1.29 is 0 Å². The molecule has 0 bridgehead atoms. The molecule has 18 heavy (non-hydrogen) atoms. The molecule has 102 valence electrons. The summed E-state index contributed by atoms with van der Waals surface area (Å²) < 4.78 is 0. The second-order valence-electron chi connectivity index (χ2n) is 6.40. The van der Waals surface area contributed by atoms with E-state index in [0.29, 0.717) is 0 Å². The van der Waals surface area contributed by atoms with Gasteiger partial charge in [0.25, 0.3) is 0 Å². The lowest BCUT2D eigenvalue weighted by Crippen LogP contribution is -2.35. The third-order valence-electron chi connectivity index (χ3n) is 2.71. The highest BCUT2D eigenvalue weighted by molar-refractivity contribution is 7.99. The quantitative estimate of drug-likeness (QED) is 0.779. The Labute approximate surface area is 117 Å². The molecule has 1 N–H and O–H groups in total. The van der Waals surface area contributed by atoms with Crippen LogP contribution in [0.4, 0.5) is 0 Å². The zero-order valence-corrected chi connectivity index (χ0v) is 13.4. The third-order valence-corrected chi connectivity index (χ3v) is 4.13. The summed E-state index contributed by atoms with van der Waals surface area (Å²) in [5.74, 6) is 1.94. The van der Waals surface area contributed by atoms with Crippen molar-refractivity contribution in [2.24, 2.45) is 5.92 Å². The second-order valence-corrected chi connectivity index (χ2v) is 7.49. The first-order chi connectivity index (χ1) is 8.28. The van der Waals surface area contributed by atoms with Crippen molar-refractivity contribution in [3.8, 4) is 0 Å². The monoisotopic (exact) mass is 265 g/mol. The van der Waals surface area contributed by atoms with Crippen molar-refractivity contribution in [2.75, 3.05) is 5.75 Å². The van der Waals surface area contributed by atoms with Crippen LogP contribution in [0.5, 0.6) is 0 Å². The maximum absolute atomic E-state index is 3.54. The normalized spacial score (nSPS) is 12.2. The van der Waals surface area contributed by atoms with E-state index in [9.17, 15) is 0 Å². The van der Waals surface area contributed by atoms with Gasteiger partial charge in [-0.1, -0.05) is 19.9 Å². The van der Waals surface area contributed by atoms with Crippen molar-refractivity contribution in [1.82, 2.24) is 5.32 Å². The van der Waals surface area contributed by atoms with Gasteiger partial charge in [0.05, 0.1) is 0 Å². The summed E-state index contributed by atoms with van der Waals surface area (Å²) in [5, 5.41) is 3.54. The van der Waals surface area contributed by atoms with Gasteiger partial charge in [-0.05, 0) is 56.9 Å². The predicted octanol–water partition coefficient (Wildman–Crippen LogP) is 4.63. The van der Waals surface area contributed by atoms with Crippen molar-refractivity contribution in [3.63, 3.8) is 0 Å². The minimum Gasteiger partial charge on any atom is -0.308 e. The number of nitrogens with one attached hydrogen (secondary N) is 1. The average molecular weight is 265 g/mol. The largest absolute Gasteiger partial charge is 0.308 e. The Morgan fingerprint density at radius 3 is 2.39 bits per heavy atom. The van der Waals surface area contributed by atoms with Gasteiger partial charge in [0, 0.05) is 22.7 Å². The van der Waals surface area contributed by atoms with Gasteiger partial charge in [0.1, 0.15) is 0 Å². The molecule has 0 radical (unpaired) electrons. The molecule has 1 rings (SSSR count). The van der Waals surface area contributed by atoms with Gasteiger partial charge in [0.15, 0.2) is 0 Å². The van der Waals surface area contributed by atoms with Crippen LogP contribution in [0.25, 0.3) is 0 Å². The van der Waals surface area contributed by atoms with Gasteiger partial charge in [0.2, 0.25) is 0 Å². The Morgan fingerprint density at radius 2 is 1.89 bits per heavy atom. The first-order valence-corrected chi connectivity index (χ1v) is 7.74. The molecule has 0 heterocycles. The Morgan fingerprint density at radius 1 is 1.22 bits per heavy atom. The molecule has 0 saturated heterocycles. The summed E-state index contributed by atoms with van der Waals surface area (Å²) in [7, 11) is 0. The average Bonchev–Trinajstić information content (AvgIpc) is 2.23. The highest BCUT2D eigenvalue weighted by Crippen LogP contribution is 2.23. The van der Waals surface area contributed by atoms with Crippen LogP contribution < -0.4 is 5.32 Å². The van der Waals surface area contributed by atoms with Gasteiger partial charge < -0.3 is 5.32 Å². The van der Waals surface area contributed by atoms with E-state index in [4.69, 9.17) is 0 Å². The standard InChI is InChI=1S/C16H27NS/c1-12(2)11-18-15-8-7-14(13(3)9-15)10-17-16(4,5)6/h7-9,12,17H,10-11H2,1-6H3. The van der Waals surface area contributed by atoms with Gasteiger partial charge in [-0.2, -0.15) is 0 Å². The van der Waals surface area contributed by atoms with Crippen molar-refractivity contribution in [3.05, 3.63) is 29.3 Å². The summed E-state index contributed by atoms with van der Waals surface area (Å²) in [6.45, 7) is 14.3. The fourth-order valence-corrected chi connectivity index (χ4v) is 2.53. The molecule has 0 fully saturated rings. The minimum atomic E-state index is 0.178. The van der Waals surface area contributed by atoms with Crippen LogP contribution in [0, 0.1) is 12.8 Å². The predicted molar refractivity (Wildman–Crippen MR) is 83.3 cm³/mol. The van der Waals surface area contributed by atoms with Crippen LogP contribution in [0.3, 0.4) is 0 Å². The van der Waals surface area contributed by atoms with Crippen LogP contribution in [0.15, 0.2) is 23.1 Å². The van der Waals surface area contributed by atoms with Crippen LogP contribution in [-0.4, -0.2) is 11.3 Å². The summed E-state index contributed by atoms with van der Waals surface area (Å²) in [5.41, 5.74) is 2.97. The van der Waals surface area contributed by atoms with E-state index in [-0.39, 0.29) is 5.54 Å². The molecule has 0 amide bonds. The highest BCUT2D eigenvalue weighted by Gasteiger charge is 2.09. The molecule has 0 aliphatic rings. The molecule has 1 aromatic rings. The molecule has 1 aromatic carbocycles. The van der Waals surface area contributed by atoms with E-state index in [2.05, 4.69) is 65.1 Å². The molecular weight excluding hydrogens is 238 g/mol. The lowest BCUT2D eigenvalue weighted by molar-refractivity contribution is 0.424. The number of aryl methyl sites for hydroxylation is 1. The fraction of sp³-hybridized carbons (Fsp3) is 0.625. The van der Waals surface area contributed by atoms with Crippen LogP contribution in [0.1, 0.15) is 45.7 Å². The maximum atomic E-state index is 3.54. The van der Waals surface area contributed by atoms with E-state index < -0.39 is 0 Å². The number of hydrogen-bond acceptors (Lipinski definition) is 2. The number of hydrogen-bond donors (Lipinski definition) is 1. The summed E-state index contributed by atoms with van der Waals surface area (Å²) in [6.07, 6.45) is 0. The van der Waals surface area contributed by atoms with Gasteiger partial charge in [-0.15, -0.1) is 11.8 Å². The molecule has 0 spiro atoms. The molecule has 0 aliphatic carbocycles. The number of rotatable bonds is 5. The fourth-order valence-electron chi connectivity index (χ4n) is 1.58. The minimum absolute atomic E-state index is 0.178. The van der Waals surface area contributed by atoms with E-state index in [1.807, 2.05) is 11.8 Å².